The number of hydrogen-bond acceptors (Lipinski definition) is 3. The highest BCUT2D eigenvalue weighted by Crippen LogP contribution is 2.14. The van der Waals surface area contributed by atoms with Crippen molar-refractivity contribution in [3.8, 4) is 0 Å². The van der Waals surface area contributed by atoms with Gasteiger partial charge in [0, 0.05) is 11.9 Å². The number of nitrogens with zero attached hydrogens (tertiary/aromatic N) is 1. The number of rotatable bonds is 6. The SMILES string of the molecule is Cc1csc(NCCCCC(C)C)n1. The van der Waals surface area contributed by atoms with Crippen LogP contribution in [0.4, 0.5) is 5.13 Å². The maximum absolute atomic E-state index is 4.35. The summed E-state index contributed by atoms with van der Waals surface area (Å²) in [7, 11) is 0. The van der Waals surface area contributed by atoms with E-state index in [-0.39, 0.29) is 0 Å². The summed E-state index contributed by atoms with van der Waals surface area (Å²) in [4.78, 5) is 4.35. The lowest BCUT2D eigenvalue weighted by molar-refractivity contribution is 0.545. The van der Waals surface area contributed by atoms with Crippen LogP contribution in [0.5, 0.6) is 0 Å². The second-order valence-electron chi connectivity index (χ2n) is 4.11. The largest absolute Gasteiger partial charge is 0.362 e. The smallest absolute Gasteiger partial charge is 0.182 e. The summed E-state index contributed by atoms with van der Waals surface area (Å²) in [6.45, 7) is 7.63. The Morgan fingerprint density at radius 2 is 2.21 bits per heavy atom. The van der Waals surface area contributed by atoms with Gasteiger partial charge in [-0.3, -0.25) is 0 Å². The fraction of sp³-hybridized carbons (Fsp3) is 0.727. The van der Waals surface area contributed by atoms with Gasteiger partial charge < -0.3 is 5.32 Å². The van der Waals surface area contributed by atoms with E-state index in [1.54, 1.807) is 11.3 Å². The van der Waals surface area contributed by atoms with Crippen LogP contribution in [-0.2, 0) is 0 Å². The fourth-order valence-corrected chi connectivity index (χ4v) is 2.03. The Balaban J connectivity index is 2.04. The summed E-state index contributed by atoms with van der Waals surface area (Å²) >= 11 is 1.69. The van der Waals surface area contributed by atoms with Gasteiger partial charge in [0.25, 0.3) is 0 Å². The number of nitrogens with one attached hydrogen (secondary N) is 1. The van der Waals surface area contributed by atoms with Gasteiger partial charge in [0.1, 0.15) is 0 Å². The first-order valence-electron chi connectivity index (χ1n) is 5.34. The van der Waals surface area contributed by atoms with E-state index in [0.717, 1.165) is 23.3 Å². The second-order valence-corrected chi connectivity index (χ2v) is 4.97. The number of anilines is 1. The molecule has 0 fully saturated rings. The van der Waals surface area contributed by atoms with Crippen LogP contribution in [0.2, 0.25) is 0 Å². The van der Waals surface area contributed by atoms with Crippen molar-refractivity contribution >= 4 is 16.5 Å². The molecule has 80 valence electrons. The predicted octanol–water partition coefficient (Wildman–Crippen LogP) is 3.69. The third-order valence-corrected chi connectivity index (χ3v) is 3.02. The van der Waals surface area contributed by atoms with Crippen molar-refractivity contribution in [2.24, 2.45) is 5.92 Å². The van der Waals surface area contributed by atoms with Crippen LogP contribution in [0.25, 0.3) is 0 Å². The van der Waals surface area contributed by atoms with Gasteiger partial charge in [-0.05, 0) is 19.3 Å². The fourth-order valence-electron chi connectivity index (χ4n) is 1.31. The van der Waals surface area contributed by atoms with E-state index >= 15 is 0 Å². The van der Waals surface area contributed by atoms with E-state index in [2.05, 4.69) is 29.5 Å². The normalized spacial score (nSPS) is 10.9. The topological polar surface area (TPSA) is 24.9 Å². The molecule has 0 aliphatic carbocycles. The zero-order chi connectivity index (χ0) is 10.4. The molecule has 0 aliphatic rings. The summed E-state index contributed by atoms with van der Waals surface area (Å²) in [5, 5.41) is 6.49. The van der Waals surface area contributed by atoms with Crippen LogP contribution in [0.15, 0.2) is 5.38 Å². The molecule has 1 rings (SSSR count). The van der Waals surface area contributed by atoms with Crippen LogP contribution >= 0.6 is 11.3 Å². The Bertz CT molecular complexity index is 256. The number of unbranched alkanes of at least 4 members (excludes halogenated alkanes) is 1. The number of aromatic nitrogens is 1. The molecule has 0 amide bonds. The molecular formula is C11H20N2S. The van der Waals surface area contributed by atoms with Gasteiger partial charge in [-0.1, -0.05) is 26.7 Å². The molecule has 1 aromatic rings. The Morgan fingerprint density at radius 1 is 1.43 bits per heavy atom. The lowest BCUT2D eigenvalue weighted by atomic mass is 10.1. The lowest BCUT2D eigenvalue weighted by Crippen LogP contribution is -2.01. The number of hydrogen-bond donors (Lipinski definition) is 1. The molecule has 0 unspecified atom stereocenters. The van der Waals surface area contributed by atoms with E-state index in [9.17, 15) is 0 Å². The molecular weight excluding hydrogens is 192 g/mol. The summed E-state index contributed by atoms with van der Waals surface area (Å²) in [5.74, 6) is 0.831. The summed E-state index contributed by atoms with van der Waals surface area (Å²) in [5.41, 5.74) is 1.11. The third kappa shape index (κ3) is 4.61. The molecule has 1 N–H and O–H groups in total. The molecule has 0 saturated carbocycles. The van der Waals surface area contributed by atoms with E-state index in [1.165, 1.54) is 19.3 Å². The molecule has 0 spiro atoms. The molecule has 3 heteroatoms. The van der Waals surface area contributed by atoms with Crippen LogP contribution < -0.4 is 5.32 Å². The Hall–Kier alpha value is -0.570. The second kappa shape index (κ2) is 6.02. The molecule has 1 aromatic heterocycles. The zero-order valence-corrected chi connectivity index (χ0v) is 10.2. The number of thiazole rings is 1. The quantitative estimate of drug-likeness (QED) is 0.727. The van der Waals surface area contributed by atoms with E-state index in [4.69, 9.17) is 0 Å². The third-order valence-electron chi connectivity index (χ3n) is 2.10. The molecule has 2 nitrogen and oxygen atoms in total. The van der Waals surface area contributed by atoms with Gasteiger partial charge in [-0.15, -0.1) is 11.3 Å². The van der Waals surface area contributed by atoms with Crippen molar-refractivity contribution in [3.63, 3.8) is 0 Å². The van der Waals surface area contributed by atoms with Crippen LogP contribution in [0.1, 0.15) is 38.8 Å². The molecule has 1 heterocycles. The molecule has 0 atom stereocenters. The van der Waals surface area contributed by atoms with Crippen molar-refractivity contribution in [1.29, 1.82) is 0 Å². The minimum Gasteiger partial charge on any atom is -0.362 e. The highest BCUT2D eigenvalue weighted by atomic mass is 32.1. The van der Waals surface area contributed by atoms with Gasteiger partial charge in [0.15, 0.2) is 5.13 Å². The average Bonchev–Trinajstić information content (AvgIpc) is 2.50. The van der Waals surface area contributed by atoms with Crippen LogP contribution in [0, 0.1) is 12.8 Å². The standard InChI is InChI=1S/C11H20N2S/c1-9(2)6-4-5-7-12-11-13-10(3)8-14-11/h8-9H,4-7H2,1-3H3,(H,12,13). The summed E-state index contributed by atoms with van der Waals surface area (Å²) in [6.07, 6.45) is 3.89. The summed E-state index contributed by atoms with van der Waals surface area (Å²) in [6, 6.07) is 0. The van der Waals surface area contributed by atoms with Crippen molar-refractivity contribution in [3.05, 3.63) is 11.1 Å². The first kappa shape index (κ1) is 11.5. The maximum atomic E-state index is 4.35. The van der Waals surface area contributed by atoms with Crippen LogP contribution in [-0.4, -0.2) is 11.5 Å². The monoisotopic (exact) mass is 212 g/mol. The maximum Gasteiger partial charge on any atom is 0.182 e. The Kier molecular flexibility index (Phi) is 4.94. The van der Waals surface area contributed by atoms with Gasteiger partial charge in [-0.2, -0.15) is 0 Å². The Morgan fingerprint density at radius 3 is 2.79 bits per heavy atom. The first-order valence-corrected chi connectivity index (χ1v) is 6.22. The van der Waals surface area contributed by atoms with Crippen molar-refractivity contribution in [2.75, 3.05) is 11.9 Å². The molecule has 0 bridgehead atoms. The van der Waals surface area contributed by atoms with Crippen molar-refractivity contribution in [1.82, 2.24) is 4.98 Å². The van der Waals surface area contributed by atoms with E-state index in [0.29, 0.717) is 0 Å². The van der Waals surface area contributed by atoms with Gasteiger partial charge in [0.2, 0.25) is 0 Å². The van der Waals surface area contributed by atoms with Crippen molar-refractivity contribution in [2.45, 2.75) is 40.0 Å². The van der Waals surface area contributed by atoms with Crippen LogP contribution in [0.3, 0.4) is 0 Å². The Labute approximate surface area is 90.8 Å². The van der Waals surface area contributed by atoms with Gasteiger partial charge in [-0.25, -0.2) is 4.98 Å². The zero-order valence-electron chi connectivity index (χ0n) is 9.34. The van der Waals surface area contributed by atoms with E-state index in [1.807, 2.05) is 6.92 Å². The van der Waals surface area contributed by atoms with Gasteiger partial charge in [0.05, 0.1) is 5.69 Å². The minimum atomic E-state index is 0.831. The predicted molar refractivity (Wildman–Crippen MR) is 64.0 cm³/mol. The molecule has 14 heavy (non-hydrogen) atoms. The number of aryl methyl sites for hydroxylation is 1. The van der Waals surface area contributed by atoms with Gasteiger partial charge >= 0.3 is 0 Å². The average molecular weight is 212 g/mol. The minimum absolute atomic E-state index is 0.831. The highest BCUT2D eigenvalue weighted by molar-refractivity contribution is 7.13. The first-order chi connectivity index (χ1) is 6.68. The van der Waals surface area contributed by atoms with E-state index < -0.39 is 0 Å². The molecule has 0 aromatic carbocycles. The molecule has 0 aliphatic heterocycles. The highest BCUT2D eigenvalue weighted by Gasteiger charge is 1.97. The molecule has 0 saturated heterocycles. The lowest BCUT2D eigenvalue weighted by Gasteiger charge is -2.04. The summed E-state index contributed by atoms with van der Waals surface area (Å²) < 4.78 is 0. The molecule has 0 radical (unpaired) electrons. The van der Waals surface area contributed by atoms with Crippen molar-refractivity contribution < 1.29 is 0 Å².